The Kier molecular flexibility index (Phi) is 1.43. The van der Waals surface area contributed by atoms with Gasteiger partial charge in [0.05, 0.1) is 11.2 Å². The summed E-state index contributed by atoms with van der Waals surface area (Å²) in [6, 6.07) is 3.68. The van der Waals surface area contributed by atoms with Gasteiger partial charge in [0.15, 0.2) is 0 Å². The number of hydrogen-bond donors (Lipinski definition) is 1. The number of nitrogen functional groups attached to an aromatic ring is 1. The summed E-state index contributed by atoms with van der Waals surface area (Å²) in [5.74, 6) is 0. The predicted molar refractivity (Wildman–Crippen MR) is 48.7 cm³/mol. The number of aryl methyl sites for hydroxylation is 1. The molecule has 0 spiro atoms. The standard InChI is InChI=1S/C9H9N3/c1-6-2-4-12-9-7(10)3-5-11-8(6)9/h2-5H,1H3,(H2,10,11). The third kappa shape index (κ3) is 0.906. The van der Waals surface area contributed by atoms with Crippen LogP contribution >= 0.6 is 0 Å². The third-order valence-electron chi connectivity index (χ3n) is 1.86. The number of anilines is 1. The predicted octanol–water partition coefficient (Wildman–Crippen LogP) is 1.52. The Morgan fingerprint density at radius 1 is 1.08 bits per heavy atom. The molecule has 2 heterocycles. The summed E-state index contributed by atoms with van der Waals surface area (Å²) in [5, 5.41) is 0. The van der Waals surface area contributed by atoms with Crippen molar-refractivity contribution in [2.75, 3.05) is 5.73 Å². The summed E-state index contributed by atoms with van der Waals surface area (Å²) in [6.45, 7) is 2.00. The summed E-state index contributed by atoms with van der Waals surface area (Å²) in [4.78, 5) is 8.35. The van der Waals surface area contributed by atoms with Crippen molar-refractivity contribution in [3.8, 4) is 0 Å². The second-order valence-electron chi connectivity index (χ2n) is 2.73. The molecule has 0 aliphatic carbocycles. The van der Waals surface area contributed by atoms with Crippen molar-refractivity contribution in [1.29, 1.82) is 0 Å². The van der Waals surface area contributed by atoms with Gasteiger partial charge in [0, 0.05) is 12.4 Å². The van der Waals surface area contributed by atoms with Crippen molar-refractivity contribution in [2.45, 2.75) is 6.92 Å². The number of hydrogen-bond acceptors (Lipinski definition) is 3. The van der Waals surface area contributed by atoms with Crippen LogP contribution in [0.25, 0.3) is 11.0 Å². The van der Waals surface area contributed by atoms with Crippen LogP contribution in [0.1, 0.15) is 5.56 Å². The highest BCUT2D eigenvalue weighted by Crippen LogP contribution is 2.17. The van der Waals surface area contributed by atoms with Crippen LogP contribution in [0.4, 0.5) is 5.69 Å². The first-order valence-corrected chi connectivity index (χ1v) is 3.75. The van der Waals surface area contributed by atoms with E-state index < -0.39 is 0 Å². The van der Waals surface area contributed by atoms with Crippen molar-refractivity contribution < 1.29 is 0 Å². The minimum absolute atomic E-state index is 0.684. The lowest BCUT2D eigenvalue weighted by molar-refractivity contribution is 1.30. The number of rotatable bonds is 0. The van der Waals surface area contributed by atoms with Gasteiger partial charge in [-0.2, -0.15) is 0 Å². The first kappa shape index (κ1) is 7.03. The summed E-state index contributed by atoms with van der Waals surface area (Å²) >= 11 is 0. The molecule has 3 nitrogen and oxygen atoms in total. The van der Waals surface area contributed by atoms with Gasteiger partial charge in [-0.15, -0.1) is 0 Å². The fraction of sp³-hybridized carbons (Fsp3) is 0.111. The Balaban J connectivity index is 2.94. The average molecular weight is 159 g/mol. The van der Waals surface area contributed by atoms with E-state index in [0.717, 1.165) is 16.6 Å². The Bertz CT molecular complexity index is 382. The lowest BCUT2D eigenvalue weighted by Crippen LogP contribution is -1.92. The molecule has 2 aromatic heterocycles. The van der Waals surface area contributed by atoms with Crippen molar-refractivity contribution in [3.05, 3.63) is 30.1 Å². The van der Waals surface area contributed by atoms with Gasteiger partial charge in [-0.3, -0.25) is 9.97 Å². The number of nitrogens with two attached hydrogens (primary N) is 1. The Hall–Kier alpha value is -1.64. The van der Waals surface area contributed by atoms with Crippen molar-refractivity contribution in [3.63, 3.8) is 0 Å². The molecule has 2 rings (SSSR count). The molecule has 12 heavy (non-hydrogen) atoms. The molecule has 2 N–H and O–H groups in total. The number of fused-ring (bicyclic) bond motifs is 1. The molecule has 60 valence electrons. The monoisotopic (exact) mass is 159 g/mol. The van der Waals surface area contributed by atoms with Crippen LogP contribution in [-0.4, -0.2) is 9.97 Å². The van der Waals surface area contributed by atoms with Gasteiger partial charge in [-0.25, -0.2) is 0 Å². The van der Waals surface area contributed by atoms with Gasteiger partial charge in [-0.1, -0.05) is 0 Å². The molecule has 0 saturated heterocycles. The molecule has 0 atom stereocenters. The fourth-order valence-corrected chi connectivity index (χ4v) is 1.20. The Morgan fingerprint density at radius 3 is 2.50 bits per heavy atom. The highest BCUT2D eigenvalue weighted by Gasteiger charge is 2.00. The number of pyridine rings is 2. The maximum Gasteiger partial charge on any atom is 0.112 e. The number of nitrogens with zero attached hydrogens (tertiary/aromatic N) is 2. The third-order valence-corrected chi connectivity index (χ3v) is 1.86. The van der Waals surface area contributed by atoms with Crippen molar-refractivity contribution in [1.82, 2.24) is 9.97 Å². The van der Waals surface area contributed by atoms with E-state index in [1.54, 1.807) is 18.5 Å². The second kappa shape index (κ2) is 2.44. The topological polar surface area (TPSA) is 51.8 Å². The lowest BCUT2D eigenvalue weighted by atomic mass is 10.2. The Labute approximate surface area is 70.3 Å². The van der Waals surface area contributed by atoms with Crippen molar-refractivity contribution >= 4 is 16.7 Å². The minimum atomic E-state index is 0.684. The molecule has 3 heteroatoms. The quantitative estimate of drug-likeness (QED) is 0.634. The van der Waals surface area contributed by atoms with Gasteiger partial charge < -0.3 is 5.73 Å². The van der Waals surface area contributed by atoms with Gasteiger partial charge in [0.2, 0.25) is 0 Å². The normalized spacial score (nSPS) is 10.4. The van der Waals surface area contributed by atoms with E-state index in [0.29, 0.717) is 5.69 Å². The summed E-state index contributed by atoms with van der Waals surface area (Å²) < 4.78 is 0. The molecule has 0 fully saturated rings. The van der Waals surface area contributed by atoms with E-state index in [9.17, 15) is 0 Å². The first-order valence-electron chi connectivity index (χ1n) is 3.75. The van der Waals surface area contributed by atoms with Gasteiger partial charge >= 0.3 is 0 Å². The summed E-state index contributed by atoms with van der Waals surface area (Å²) in [6.07, 6.45) is 3.45. The van der Waals surface area contributed by atoms with Gasteiger partial charge in [-0.05, 0) is 24.6 Å². The Morgan fingerprint density at radius 2 is 1.75 bits per heavy atom. The minimum Gasteiger partial charge on any atom is -0.397 e. The molecule has 0 unspecified atom stereocenters. The van der Waals surface area contributed by atoms with E-state index in [4.69, 9.17) is 5.73 Å². The van der Waals surface area contributed by atoms with Crippen LogP contribution in [0, 0.1) is 6.92 Å². The first-order chi connectivity index (χ1) is 5.79. The van der Waals surface area contributed by atoms with Crippen molar-refractivity contribution in [2.24, 2.45) is 0 Å². The van der Waals surface area contributed by atoms with E-state index in [1.807, 2.05) is 13.0 Å². The summed E-state index contributed by atoms with van der Waals surface area (Å²) in [5.41, 5.74) is 9.19. The van der Waals surface area contributed by atoms with Crippen LogP contribution in [0.5, 0.6) is 0 Å². The van der Waals surface area contributed by atoms with Crippen LogP contribution < -0.4 is 5.73 Å². The van der Waals surface area contributed by atoms with Crippen LogP contribution in [0.15, 0.2) is 24.5 Å². The average Bonchev–Trinajstić information content (AvgIpc) is 2.07. The van der Waals surface area contributed by atoms with E-state index in [2.05, 4.69) is 9.97 Å². The molecule has 0 aliphatic rings. The molecule has 2 aromatic rings. The molecule has 0 amide bonds. The smallest absolute Gasteiger partial charge is 0.112 e. The van der Waals surface area contributed by atoms with E-state index in [1.165, 1.54) is 0 Å². The fourth-order valence-electron chi connectivity index (χ4n) is 1.20. The molecule has 0 aliphatic heterocycles. The van der Waals surface area contributed by atoms with Gasteiger partial charge in [0.1, 0.15) is 5.52 Å². The van der Waals surface area contributed by atoms with E-state index >= 15 is 0 Å². The maximum absolute atomic E-state index is 5.72. The zero-order chi connectivity index (χ0) is 8.55. The van der Waals surface area contributed by atoms with Gasteiger partial charge in [0.25, 0.3) is 0 Å². The molecule has 0 radical (unpaired) electrons. The molecular formula is C9H9N3. The highest BCUT2D eigenvalue weighted by atomic mass is 14.8. The summed E-state index contributed by atoms with van der Waals surface area (Å²) in [7, 11) is 0. The molecule has 0 aromatic carbocycles. The SMILES string of the molecule is Cc1ccnc2c(N)ccnc12. The maximum atomic E-state index is 5.72. The highest BCUT2D eigenvalue weighted by molar-refractivity contribution is 5.87. The number of aromatic nitrogens is 2. The van der Waals surface area contributed by atoms with Crippen LogP contribution in [-0.2, 0) is 0 Å². The van der Waals surface area contributed by atoms with E-state index in [-0.39, 0.29) is 0 Å². The lowest BCUT2D eigenvalue weighted by Gasteiger charge is -2.01. The largest absolute Gasteiger partial charge is 0.397 e. The molecule has 0 saturated carbocycles. The molecule has 0 bridgehead atoms. The zero-order valence-electron chi connectivity index (χ0n) is 6.78. The van der Waals surface area contributed by atoms with Crippen LogP contribution in [0.3, 0.4) is 0 Å². The zero-order valence-corrected chi connectivity index (χ0v) is 6.78. The second-order valence-corrected chi connectivity index (χ2v) is 2.73. The molecular weight excluding hydrogens is 150 g/mol. The van der Waals surface area contributed by atoms with Crippen LogP contribution in [0.2, 0.25) is 0 Å².